The number of thiophene rings is 1. The van der Waals surface area contributed by atoms with Crippen molar-refractivity contribution in [2.24, 2.45) is 4.99 Å². The molecule has 0 saturated carbocycles. The molecule has 1 aromatic heterocycles. The van der Waals surface area contributed by atoms with Crippen LogP contribution in [0.1, 0.15) is 16.2 Å². The van der Waals surface area contributed by atoms with E-state index in [9.17, 15) is 0 Å². The molecule has 2 aromatic rings. The number of methoxy groups -OCH3 is 1. The summed E-state index contributed by atoms with van der Waals surface area (Å²) in [5, 5.41) is 6.82. The number of hydrogen-bond acceptors (Lipinski definition) is 5. The summed E-state index contributed by atoms with van der Waals surface area (Å²) in [6.45, 7) is 9.37. The fourth-order valence-electron chi connectivity index (χ4n) is 3.50. The molecule has 0 unspecified atom stereocenters. The first kappa shape index (κ1) is 24.7. The van der Waals surface area contributed by atoms with Crippen LogP contribution in [0.25, 0.3) is 0 Å². The Morgan fingerprint density at radius 1 is 1.07 bits per heavy atom. The van der Waals surface area contributed by atoms with Gasteiger partial charge in [-0.1, -0.05) is 0 Å². The molecule has 0 radical (unpaired) electrons. The van der Waals surface area contributed by atoms with E-state index in [1.165, 1.54) is 15.4 Å². The monoisotopic (exact) mass is 543 g/mol. The highest BCUT2D eigenvalue weighted by molar-refractivity contribution is 14.0. The maximum atomic E-state index is 5.25. The van der Waals surface area contributed by atoms with E-state index in [1.807, 2.05) is 30.5 Å². The van der Waals surface area contributed by atoms with E-state index in [0.29, 0.717) is 0 Å². The second-order valence-electron chi connectivity index (χ2n) is 7.25. The second kappa shape index (κ2) is 13.0. The van der Waals surface area contributed by atoms with E-state index in [-0.39, 0.29) is 24.0 Å². The van der Waals surface area contributed by atoms with Crippen LogP contribution < -0.4 is 20.3 Å². The van der Waals surface area contributed by atoms with Crippen LogP contribution in [0.4, 0.5) is 5.69 Å². The SMILES string of the molecule is CN=C(NCCCN1CCN(c2ccc(OC)cc2)CC1)NCc1ccc(C)s1.I. The van der Waals surface area contributed by atoms with Gasteiger partial charge >= 0.3 is 0 Å². The molecule has 166 valence electrons. The number of aliphatic imine (C=N–C) groups is 1. The van der Waals surface area contributed by atoms with Crippen LogP contribution in [-0.2, 0) is 6.54 Å². The first-order chi connectivity index (χ1) is 14.2. The van der Waals surface area contributed by atoms with E-state index in [0.717, 1.165) is 63.9 Å². The van der Waals surface area contributed by atoms with Crippen LogP contribution in [0.2, 0.25) is 0 Å². The van der Waals surface area contributed by atoms with Gasteiger partial charge in [-0.15, -0.1) is 35.3 Å². The lowest BCUT2D eigenvalue weighted by Gasteiger charge is -2.36. The Labute approximate surface area is 201 Å². The zero-order chi connectivity index (χ0) is 20.5. The smallest absolute Gasteiger partial charge is 0.191 e. The lowest BCUT2D eigenvalue weighted by atomic mass is 10.2. The van der Waals surface area contributed by atoms with Crippen molar-refractivity contribution in [3.8, 4) is 5.75 Å². The van der Waals surface area contributed by atoms with Crippen molar-refractivity contribution in [1.29, 1.82) is 0 Å². The minimum Gasteiger partial charge on any atom is -0.497 e. The Morgan fingerprint density at radius 3 is 2.40 bits per heavy atom. The second-order valence-corrected chi connectivity index (χ2v) is 8.62. The molecular formula is C22H34IN5OS. The molecule has 1 saturated heterocycles. The standard InChI is InChI=1S/C22H33N5OS.HI/c1-18-5-10-21(29-18)17-25-22(23-2)24-11-4-12-26-13-15-27(16-14-26)19-6-8-20(28-3)9-7-19;/h5-10H,4,11-17H2,1-3H3,(H2,23,24,25);1H. The van der Waals surface area contributed by atoms with Crippen LogP contribution in [0.15, 0.2) is 41.4 Å². The summed E-state index contributed by atoms with van der Waals surface area (Å²) in [5.74, 6) is 1.79. The quantitative estimate of drug-likeness (QED) is 0.231. The molecule has 0 aliphatic carbocycles. The summed E-state index contributed by atoms with van der Waals surface area (Å²) in [4.78, 5) is 12.0. The Balaban J connectivity index is 0.00000320. The maximum absolute atomic E-state index is 5.25. The highest BCUT2D eigenvalue weighted by Gasteiger charge is 2.16. The molecule has 0 spiro atoms. The topological polar surface area (TPSA) is 52.1 Å². The van der Waals surface area contributed by atoms with E-state index in [1.54, 1.807) is 7.11 Å². The number of guanidine groups is 1. The molecule has 1 aromatic carbocycles. The largest absolute Gasteiger partial charge is 0.497 e. The molecule has 1 fully saturated rings. The lowest BCUT2D eigenvalue weighted by Crippen LogP contribution is -2.47. The average Bonchev–Trinajstić information content (AvgIpc) is 3.19. The van der Waals surface area contributed by atoms with Crippen molar-refractivity contribution in [3.63, 3.8) is 0 Å². The molecule has 3 rings (SSSR count). The number of ether oxygens (including phenoxy) is 1. The fraction of sp³-hybridized carbons (Fsp3) is 0.500. The van der Waals surface area contributed by atoms with Gasteiger partial charge in [-0.05, 0) is 56.3 Å². The van der Waals surface area contributed by atoms with Crippen molar-refractivity contribution in [2.45, 2.75) is 19.9 Å². The molecule has 1 aliphatic heterocycles. The van der Waals surface area contributed by atoms with Gasteiger partial charge in [0.2, 0.25) is 0 Å². The summed E-state index contributed by atoms with van der Waals surface area (Å²) in [6, 6.07) is 12.7. The highest BCUT2D eigenvalue weighted by atomic mass is 127. The number of nitrogens with zero attached hydrogens (tertiary/aromatic N) is 3. The zero-order valence-corrected chi connectivity index (χ0v) is 21.3. The van der Waals surface area contributed by atoms with Crippen LogP contribution in [-0.4, -0.2) is 64.3 Å². The third kappa shape index (κ3) is 7.63. The molecule has 0 amide bonds. The van der Waals surface area contributed by atoms with Crippen molar-refractivity contribution < 1.29 is 4.74 Å². The van der Waals surface area contributed by atoms with Gasteiger partial charge in [0.1, 0.15) is 5.75 Å². The maximum Gasteiger partial charge on any atom is 0.191 e. The third-order valence-corrected chi connectivity index (χ3v) is 6.20. The van der Waals surface area contributed by atoms with Gasteiger partial charge in [0.25, 0.3) is 0 Å². The van der Waals surface area contributed by atoms with E-state index < -0.39 is 0 Å². The van der Waals surface area contributed by atoms with Gasteiger partial charge in [0, 0.05) is 55.2 Å². The number of nitrogens with one attached hydrogen (secondary N) is 2. The number of rotatable bonds is 8. The van der Waals surface area contributed by atoms with Crippen molar-refractivity contribution >= 4 is 47.0 Å². The lowest BCUT2D eigenvalue weighted by molar-refractivity contribution is 0.255. The van der Waals surface area contributed by atoms with Gasteiger partial charge in [-0.3, -0.25) is 9.89 Å². The summed E-state index contributed by atoms with van der Waals surface area (Å²) >= 11 is 1.83. The third-order valence-electron chi connectivity index (χ3n) is 5.20. The molecule has 30 heavy (non-hydrogen) atoms. The van der Waals surface area contributed by atoms with Crippen LogP contribution in [0.5, 0.6) is 5.75 Å². The minimum absolute atomic E-state index is 0. The fourth-order valence-corrected chi connectivity index (χ4v) is 4.33. The van der Waals surface area contributed by atoms with Crippen molar-refractivity contribution in [3.05, 3.63) is 46.2 Å². The predicted octanol–water partition coefficient (Wildman–Crippen LogP) is 3.56. The van der Waals surface area contributed by atoms with Crippen LogP contribution in [0.3, 0.4) is 0 Å². The first-order valence-corrected chi connectivity index (χ1v) is 11.1. The van der Waals surface area contributed by atoms with E-state index in [2.05, 4.69) is 56.6 Å². The highest BCUT2D eigenvalue weighted by Crippen LogP contribution is 2.20. The number of aryl methyl sites for hydroxylation is 1. The number of halogens is 1. The Kier molecular flexibility index (Phi) is 10.7. The molecular weight excluding hydrogens is 509 g/mol. The zero-order valence-electron chi connectivity index (χ0n) is 18.2. The number of hydrogen-bond donors (Lipinski definition) is 2. The summed E-state index contributed by atoms with van der Waals surface area (Å²) in [6.07, 6.45) is 1.11. The Bertz CT molecular complexity index is 772. The van der Waals surface area contributed by atoms with E-state index in [4.69, 9.17) is 4.74 Å². The summed E-state index contributed by atoms with van der Waals surface area (Å²) in [5.41, 5.74) is 1.28. The van der Waals surface area contributed by atoms with Gasteiger partial charge < -0.3 is 20.3 Å². The molecule has 2 heterocycles. The van der Waals surface area contributed by atoms with Gasteiger partial charge in [-0.25, -0.2) is 0 Å². The Morgan fingerprint density at radius 2 is 1.80 bits per heavy atom. The molecule has 0 bridgehead atoms. The summed E-state index contributed by atoms with van der Waals surface area (Å²) in [7, 11) is 3.53. The van der Waals surface area contributed by atoms with Gasteiger partial charge in [0.05, 0.1) is 13.7 Å². The normalized spacial score (nSPS) is 14.9. The number of benzene rings is 1. The first-order valence-electron chi connectivity index (χ1n) is 10.3. The molecule has 6 nitrogen and oxygen atoms in total. The number of piperazine rings is 1. The molecule has 2 N–H and O–H groups in total. The predicted molar refractivity (Wildman–Crippen MR) is 139 cm³/mol. The minimum atomic E-state index is 0. The summed E-state index contributed by atoms with van der Waals surface area (Å²) < 4.78 is 5.25. The number of anilines is 1. The Hall–Kier alpha value is -1.52. The van der Waals surface area contributed by atoms with Crippen molar-refractivity contribution in [1.82, 2.24) is 15.5 Å². The van der Waals surface area contributed by atoms with Crippen LogP contribution >= 0.6 is 35.3 Å². The molecule has 8 heteroatoms. The van der Waals surface area contributed by atoms with Crippen molar-refractivity contribution in [2.75, 3.05) is 58.3 Å². The van der Waals surface area contributed by atoms with Gasteiger partial charge in [-0.2, -0.15) is 0 Å². The molecule has 1 aliphatic rings. The average molecular weight is 544 g/mol. The van der Waals surface area contributed by atoms with Crippen LogP contribution in [0, 0.1) is 6.92 Å². The van der Waals surface area contributed by atoms with Gasteiger partial charge in [0.15, 0.2) is 5.96 Å². The molecule has 0 atom stereocenters. The van der Waals surface area contributed by atoms with E-state index >= 15 is 0 Å².